The molecule has 0 fully saturated rings. The Hall–Kier alpha value is -1.82. The summed E-state index contributed by atoms with van der Waals surface area (Å²) in [5.74, 6) is 0.720. The molecule has 100 valence electrons. The van der Waals surface area contributed by atoms with Gasteiger partial charge in [0.2, 0.25) is 0 Å². The predicted octanol–water partition coefficient (Wildman–Crippen LogP) is 2.78. The Morgan fingerprint density at radius 1 is 1.32 bits per heavy atom. The van der Waals surface area contributed by atoms with Gasteiger partial charge in [-0.3, -0.25) is 0 Å². The second kappa shape index (κ2) is 5.44. The average Bonchev–Trinajstić information content (AvgIpc) is 2.70. The van der Waals surface area contributed by atoms with Crippen molar-refractivity contribution in [1.29, 1.82) is 0 Å². The largest absolute Gasteiger partial charge is 0.493 e. The van der Waals surface area contributed by atoms with Crippen molar-refractivity contribution in [3.63, 3.8) is 0 Å². The molecule has 0 bridgehead atoms. The molecule has 1 heterocycles. The van der Waals surface area contributed by atoms with E-state index >= 15 is 0 Å². The fraction of sp³-hybridized carbons (Fsp3) is 0.231. The van der Waals surface area contributed by atoms with Crippen LogP contribution in [0.25, 0.3) is 6.08 Å². The van der Waals surface area contributed by atoms with Gasteiger partial charge < -0.3 is 14.3 Å². The lowest BCUT2D eigenvalue weighted by molar-refractivity contribution is -0.136. The van der Waals surface area contributed by atoms with Gasteiger partial charge in [0.1, 0.15) is 0 Å². The molecular weight excluding hydrogens is 314 g/mol. The highest BCUT2D eigenvalue weighted by atomic mass is 79.9. The van der Waals surface area contributed by atoms with Gasteiger partial charge in [-0.25, -0.2) is 4.79 Å². The summed E-state index contributed by atoms with van der Waals surface area (Å²) < 4.78 is 11.2. The molecular formula is C13H12BrNO4. The second-order valence-corrected chi connectivity index (χ2v) is 4.71. The van der Waals surface area contributed by atoms with Crippen LogP contribution in [0.5, 0.6) is 11.5 Å². The maximum atomic E-state index is 11.5. The van der Waals surface area contributed by atoms with Crippen LogP contribution in [0.3, 0.4) is 0 Å². The van der Waals surface area contributed by atoms with Gasteiger partial charge in [0.25, 0.3) is 0 Å². The number of benzene rings is 1. The Labute approximate surface area is 119 Å². The first kappa shape index (κ1) is 13.6. The van der Waals surface area contributed by atoms with Crippen LogP contribution in [0.2, 0.25) is 0 Å². The Morgan fingerprint density at radius 3 is 2.58 bits per heavy atom. The Bertz CT molecular complexity index is 593. The molecule has 1 aliphatic rings. The summed E-state index contributed by atoms with van der Waals surface area (Å²) in [5.41, 5.74) is 1.77. The van der Waals surface area contributed by atoms with E-state index in [0.29, 0.717) is 22.8 Å². The summed E-state index contributed by atoms with van der Waals surface area (Å²) in [5, 5.41) is 3.62. The van der Waals surface area contributed by atoms with Crippen molar-refractivity contribution in [1.82, 2.24) is 0 Å². The molecule has 5 nitrogen and oxygen atoms in total. The Morgan fingerprint density at radius 2 is 2.05 bits per heavy atom. The molecule has 0 unspecified atom stereocenters. The minimum absolute atomic E-state index is 0.430. The lowest BCUT2D eigenvalue weighted by atomic mass is 10.1. The molecule has 1 aromatic rings. The molecule has 6 heteroatoms. The topological polar surface area (TPSA) is 57.1 Å². The van der Waals surface area contributed by atoms with Gasteiger partial charge >= 0.3 is 5.97 Å². The quantitative estimate of drug-likeness (QED) is 0.633. The summed E-state index contributed by atoms with van der Waals surface area (Å²) >= 11 is 3.40. The fourth-order valence-corrected chi connectivity index (χ4v) is 2.33. The molecule has 0 saturated carbocycles. The highest BCUT2D eigenvalue weighted by molar-refractivity contribution is 9.10. The van der Waals surface area contributed by atoms with Crippen molar-refractivity contribution in [2.75, 3.05) is 14.2 Å². The van der Waals surface area contributed by atoms with Gasteiger partial charge in [0.15, 0.2) is 11.5 Å². The van der Waals surface area contributed by atoms with Crippen LogP contribution in [0.15, 0.2) is 27.3 Å². The maximum Gasteiger partial charge on any atom is 0.367 e. The van der Waals surface area contributed by atoms with Crippen molar-refractivity contribution in [2.45, 2.75) is 6.92 Å². The van der Waals surface area contributed by atoms with E-state index in [1.54, 1.807) is 33.3 Å². The van der Waals surface area contributed by atoms with Gasteiger partial charge in [0, 0.05) is 0 Å². The van der Waals surface area contributed by atoms with Crippen LogP contribution >= 0.6 is 15.9 Å². The van der Waals surface area contributed by atoms with E-state index in [0.717, 1.165) is 10.0 Å². The van der Waals surface area contributed by atoms with Crippen LogP contribution in [0.1, 0.15) is 12.5 Å². The first-order valence-corrected chi connectivity index (χ1v) is 6.25. The number of ether oxygens (including phenoxy) is 2. The van der Waals surface area contributed by atoms with E-state index in [9.17, 15) is 4.79 Å². The Balaban J connectivity index is 2.47. The van der Waals surface area contributed by atoms with Crippen LogP contribution in [-0.2, 0) is 9.63 Å². The fourth-order valence-electron chi connectivity index (χ4n) is 1.71. The predicted molar refractivity (Wildman–Crippen MR) is 74.4 cm³/mol. The molecule has 1 aliphatic heterocycles. The van der Waals surface area contributed by atoms with Crippen LogP contribution < -0.4 is 9.47 Å². The van der Waals surface area contributed by atoms with E-state index in [1.807, 2.05) is 6.07 Å². The first-order valence-electron chi connectivity index (χ1n) is 5.46. The summed E-state index contributed by atoms with van der Waals surface area (Å²) in [6.45, 7) is 1.71. The maximum absolute atomic E-state index is 11.5. The lowest BCUT2D eigenvalue weighted by Gasteiger charge is -2.10. The monoisotopic (exact) mass is 325 g/mol. The molecule has 0 amide bonds. The number of hydrogen-bond acceptors (Lipinski definition) is 5. The van der Waals surface area contributed by atoms with Gasteiger partial charge in [-0.05, 0) is 46.6 Å². The number of rotatable bonds is 3. The molecule has 0 spiro atoms. The highest BCUT2D eigenvalue weighted by Crippen LogP contribution is 2.37. The highest BCUT2D eigenvalue weighted by Gasteiger charge is 2.22. The Kier molecular flexibility index (Phi) is 3.90. The zero-order valence-corrected chi connectivity index (χ0v) is 12.3. The third kappa shape index (κ3) is 2.63. The minimum Gasteiger partial charge on any atom is -0.493 e. The van der Waals surface area contributed by atoms with E-state index < -0.39 is 5.97 Å². The number of carbonyl (C=O) groups excluding carboxylic acids is 1. The molecule has 0 aromatic heterocycles. The van der Waals surface area contributed by atoms with Gasteiger partial charge in [-0.15, -0.1) is 0 Å². The summed E-state index contributed by atoms with van der Waals surface area (Å²) in [4.78, 5) is 16.1. The number of carbonyl (C=O) groups is 1. The zero-order valence-electron chi connectivity index (χ0n) is 10.7. The SMILES string of the molecule is COc1cc(C=C2C(=O)ON=C2C)cc(Br)c1OC. The van der Waals surface area contributed by atoms with Gasteiger partial charge in [-0.1, -0.05) is 5.16 Å². The molecule has 0 saturated heterocycles. The third-order valence-corrected chi connectivity index (χ3v) is 3.23. The van der Waals surface area contributed by atoms with Crippen LogP contribution in [-0.4, -0.2) is 25.9 Å². The number of oxime groups is 1. The third-order valence-electron chi connectivity index (χ3n) is 2.64. The van der Waals surface area contributed by atoms with Crippen molar-refractivity contribution in [3.05, 3.63) is 27.7 Å². The number of halogens is 1. The lowest BCUT2D eigenvalue weighted by Crippen LogP contribution is -2.02. The first-order chi connectivity index (χ1) is 9.06. The number of nitrogens with zero attached hydrogens (tertiary/aromatic N) is 1. The summed E-state index contributed by atoms with van der Waals surface area (Å²) in [6.07, 6.45) is 1.70. The molecule has 0 N–H and O–H groups in total. The van der Waals surface area contributed by atoms with Crippen molar-refractivity contribution < 1.29 is 19.1 Å². The smallest absolute Gasteiger partial charge is 0.367 e. The van der Waals surface area contributed by atoms with Crippen molar-refractivity contribution >= 4 is 33.7 Å². The van der Waals surface area contributed by atoms with E-state index in [4.69, 9.17) is 9.47 Å². The number of methoxy groups -OCH3 is 2. The van der Waals surface area contributed by atoms with E-state index in [2.05, 4.69) is 25.9 Å². The van der Waals surface area contributed by atoms with Crippen LogP contribution in [0, 0.1) is 0 Å². The summed E-state index contributed by atoms with van der Waals surface area (Å²) in [6, 6.07) is 3.60. The summed E-state index contributed by atoms with van der Waals surface area (Å²) in [7, 11) is 3.11. The molecule has 19 heavy (non-hydrogen) atoms. The molecule has 2 rings (SSSR count). The normalized spacial score (nSPS) is 16.3. The zero-order chi connectivity index (χ0) is 14.0. The van der Waals surface area contributed by atoms with Gasteiger partial charge in [-0.2, -0.15) is 0 Å². The number of hydrogen-bond donors (Lipinski definition) is 0. The average molecular weight is 326 g/mol. The van der Waals surface area contributed by atoms with Gasteiger partial charge in [0.05, 0.1) is 30.0 Å². The minimum atomic E-state index is -0.455. The van der Waals surface area contributed by atoms with Crippen LogP contribution in [0.4, 0.5) is 0 Å². The second-order valence-electron chi connectivity index (χ2n) is 3.85. The van der Waals surface area contributed by atoms with Crippen molar-refractivity contribution in [2.24, 2.45) is 5.16 Å². The van der Waals surface area contributed by atoms with E-state index in [1.165, 1.54) is 0 Å². The molecule has 0 radical (unpaired) electrons. The van der Waals surface area contributed by atoms with Crippen molar-refractivity contribution in [3.8, 4) is 11.5 Å². The molecule has 0 atom stereocenters. The standard InChI is InChI=1S/C13H12BrNO4/c1-7-9(13(16)19-15-7)4-8-5-10(14)12(18-3)11(6-8)17-2/h4-6H,1-3H3. The molecule has 0 aliphatic carbocycles. The molecule has 1 aromatic carbocycles. The van der Waals surface area contributed by atoms with E-state index in [-0.39, 0.29) is 0 Å².